The Kier molecular flexibility index (Phi) is 10.5. The summed E-state index contributed by atoms with van der Waals surface area (Å²) in [5.41, 5.74) is 4.19. The fraction of sp³-hybridized carbons (Fsp3) is 0.531. The van der Waals surface area contributed by atoms with Crippen molar-refractivity contribution in [2.24, 2.45) is 0 Å². The van der Waals surface area contributed by atoms with Crippen molar-refractivity contribution in [3.05, 3.63) is 54.5 Å². The molecule has 2 aliphatic carbocycles. The standard InChI is InChI=1S/C32H39N6O10P/c33-18-32(26-15-14-24-30(34)35-19-36-38(24)26)29(41)28(40)25(47-32)17-44-49(43,48-22-12-2-1-3-13-22)37-23(31(42)46-21-10-6-7-11-21)16-27(39)45-20-8-4-5-9-20/h1-3,12-15,19-21,23,25,28-29,40-41H,4-11,16-17H2,(H,37,43)(H2,34,35,36)/t23-,25+,28+,29+,32-,49?/m0/s1. The molecule has 17 heteroatoms. The van der Waals surface area contributed by atoms with Crippen LogP contribution < -0.4 is 15.3 Å². The third kappa shape index (κ3) is 7.57. The number of nitrogens with one attached hydrogen (secondary N) is 1. The van der Waals surface area contributed by atoms with Crippen molar-refractivity contribution in [2.75, 3.05) is 12.3 Å². The molecule has 1 saturated heterocycles. The van der Waals surface area contributed by atoms with Crippen molar-refractivity contribution < 1.29 is 47.6 Å². The van der Waals surface area contributed by atoms with Crippen molar-refractivity contribution in [3.8, 4) is 11.8 Å². The van der Waals surface area contributed by atoms with Crippen LogP contribution >= 0.6 is 7.75 Å². The molecule has 5 N–H and O–H groups in total. The molecule has 6 rings (SSSR count). The Morgan fingerprint density at radius 3 is 2.43 bits per heavy atom. The number of anilines is 1. The van der Waals surface area contributed by atoms with E-state index in [0.717, 1.165) is 32.0 Å². The fourth-order valence-electron chi connectivity index (χ4n) is 6.46. The third-order valence-electron chi connectivity index (χ3n) is 9.02. The minimum absolute atomic E-state index is 0.0606. The zero-order valence-corrected chi connectivity index (χ0v) is 27.5. The molecule has 16 nitrogen and oxygen atoms in total. The number of nitrogen functional groups attached to an aromatic ring is 1. The number of aliphatic hydroxyl groups excluding tert-OH is 2. The molecule has 262 valence electrons. The second-order valence-electron chi connectivity index (χ2n) is 12.4. The Morgan fingerprint density at radius 2 is 1.76 bits per heavy atom. The van der Waals surface area contributed by atoms with Crippen LogP contribution in [-0.2, 0) is 38.5 Å². The lowest BCUT2D eigenvalue weighted by Gasteiger charge is -2.27. The minimum Gasteiger partial charge on any atom is -0.462 e. The molecule has 3 aromatic rings. The first-order valence-electron chi connectivity index (χ1n) is 16.3. The van der Waals surface area contributed by atoms with E-state index in [4.69, 9.17) is 29.0 Å². The second-order valence-corrected chi connectivity index (χ2v) is 14.1. The molecule has 2 aromatic heterocycles. The molecular weight excluding hydrogens is 659 g/mol. The average molecular weight is 699 g/mol. The van der Waals surface area contributed by atoms with E-state index in [0.29, 0.717) is 31.2 Å². The number of esters is 2. The molecule has 1 unspecified atom stereocenters. The Bertz CT molecular complexity index is 1720. The van der Waals surface area contributed by atoms with Crippen molar-refractivity contribution >= 4 is 31.0 Å². The summed E-state index contributed by atoms with van der Waals surface area (Å²) < 4.78 is 44.5. The molecule has 6 atom stereocenters. The van der Waals surface area contributed by atoms with Crippen molar-refractivity contribution in [1.82, 2.24) is 19.7 Å². The number of aromatic nitrogens is 3. The summed E-state index contributed by atoms with van der Waals surface area (Å²) in [5.74, 6) is -1.29. The van der Waals surface area contributed by atoms with Gasteiger partial charge in [-0.15, -0.1) is 0 Å². The molecule has 0 amide bonds. The van der Waals surface area contributed by atoms with Crippen molar-refractivity contribution in [3.63, 3.8) is 0 Å². The number of nitrogens with two attached hydrogens (primary N) is 1. The van der Waals surface area contributed by atoms with E-state index < -0.39 is 62.7 Å². The largest absolute Gasteiger partial charge is 0.462 e. The van der Waals surface area contributed by atoms with E-state index in [1.807, 2.05) is 6.07 Å². The van der Waals surface area contributed by atoms with Gasteiger partial charge in [0.05, 0.1) is 18.7 Å². The lowest BCUT2D eigenvalue weighted by molar-refractivity contribution is -0.157. The van der Waals surface area contributed by atoms with Gasteiger partial charge in [0, 0.05) is 0 Å². The number of fused-ring (bicyclic) bond motifs is 1. The highest BCUT2D eigenvalue weighted by molar-refractivity contribution is 7.52. The molecule has 2 saturated carbocycles. The second kappa shape index (κ2) is 14.8. The minimum atomic E-state index is -4.60. The monoisotopic (exact) mass is 698 g/mol. The van der Waals surface area contributed by atoms with Gasteiger partial charge in [-0.3, -0.25) is 14.1 Å². The van der Waals surface area contributed by atoms with Gasteiger partial charge in [0.1, 0.15) is 60.2 Å². The van der Waals surface area contributed by atoms with Crippen LogP contribution in [0.15, 0.2) is 48.8 Å². The molecule has 3 fully saturated rings. The van der Waals surface area contributed by atoms with Crippen LogP contribution in [0.2, 0.25) is 0 Å². The molecule has 0 radical (unpaired) electrons. The number of aliphatic hydroxyl groups is 2. The van der Waals surface area contributed by atoms with E-state index in [-0.39, 0.29) is 29.5 Å². The van der Waals surface area contributed by atoms with E-state index in [9.17, 15) is 29.6 Å². The summed E-state index contributed by atoms with van der Waals surface area (Å²) in [4.78, 5) is 30.4. The predicted molar refractivity (Wildman–Crippen MR) is 170 cm³/mol. The molecule has 3 heterocycles. The SMILES string of the molecule is N#C[C@@]1(c2ccc3c(N)ncnn23)O[C@H](COP(=O)(N[C@@H](CC(=O)OC2CCCC2)C(=O)OC2CCCC2)Oc2ccccc2)[C@@H](O)[C@H]1O. The van der Waals surface area contributed by atoms with Gasteiger partial charge in [-0.05, 0) is 75.6 Å². The topological polar surface area (TPSA) is 230 Å². The Hall–Kier alpha value is -4.10. The third-order valence-corrected chi connectivity index (χ3v) is 10.6. The van der Waals surface area contributed by atoms with Crippen molar-refractivity contribution in [1.29, 1.82) is 5.26 Å². The maximum atomic E-state index is 14.5. The van der Waals surface area contributed by atoms with Gasteiger partial charge in [0.25, 0.3) is 0 Å². The number of hydrogen-bond donors (Lipinski definition) is 4. The van der Waals surface area contributed by atoms with Crippen LogP contribution in [0.4, 0.5) is 5.82 Å². The van der Waals surface area contributed by atoms with Gasteiger partial charge in [-0.25, -0.2) is 14.1 Å². The Balaban J connectivity index is 1.24. The zero-order chi connectivity index (χ0) is 34.6. The van der Waals surface area contributed by atoms with Gasteiger partial charge in [0.15, 0.2) is 5.82 Å². The number of rotatable bonds is 13. The summed E-state index contributed by atoms with van der Waals surface area (Å²) in [6, 6.07) is 11.4. The lowest BCUT2D eigenvalue weighted by Crippen LogP contribution is -2.42. The van der Waals surface area contributed by atoms with Gasteiger partial charge in [-0.1, -0.05) is 18.2 Å². The number of nitriles is 1. The first kappa shape index (κ1) is 34.8. The predicted octanol–water partition coefficient (Wildman–Crippen LogP) is 2.67. The number of benzene rings is 1. The number of ether oxygens (including phenoxy) is 3. The first-order valence-corrected chi connectivity index (χ1v) is 17.9. The molecular formula is C32H39N6O10P. The van der Waals surface area contributed by atoms with Crippen LogP contribution in [0.1, 0.15) is 63.5 Å². The number of para-hydroxylation sites is 1. The quantitative estimate of drug-likeness (QED) is 0.149. The highest BCUT2D eigenvalue weighted by atomic mass is 31.2. The van der Waals surface area contributed by atoms with Crippen molar-refractivity contribution in [2.45, 2.75) is 100.0 Å². The number of carbonyl (C=O) groups excluding carboxylic acids is 2. The van der Waals surface area contributed by atoms with E-state index in [1.165, 1.54) is 28.8 Å². The summed E-state index contributed by atoms with van der Waals surface area (Å²) >= 11 is 0. The van der Waals surface area contributed by atoms with Gasteiger partial charge < -0.3 is 34.7 Å². The Labute approximate surface area is 282 Å². The van der Waals surface area contributed by atoms with Crippen LogP contribution in [0.3, 0.4) is 0 Å². The Morgan fingerprint density at radius 1 is 1.08 bits per heavy atom. The summed E-state index contributed by atoms with van der Waals surface area (Å²) in [6.45, 7) is -0.684. The molecule has 49 heavy (non-hydrogen) atoms. The van der Waals surface area contributed by atoms with Gasteiger partial charge in [-0.2, -0.15) is 15.4 Å². The summed E-state index contributed by atoms with van der Waals surface area (Å²) in [5, 5.41) is 39.2. The normalized spacial score (nSPS) is 26.3. The van der Waals surface area contributed by atoms with Gasteiger partial charge in [0.2, 0.25) is 5.60 Å². The molecule has 0 bridgehead atoms. The molecule has 0 spiro atoms. The number of carbonyl (C=O) groups is 2. The molecule has 1 aliphatic heterocycles. The fourth-order valence-corrected chi connectivity index (χ4v) is 7.96. The van der Waals surface area contributed by atoms with Crippen LogP contribution in [0.5, 0.6) is 5.75 Å². The van der Waals surface area contributed by atoms with E-state index in [1.54, 1.807) is 18.2 Å². The average Bonchev–Trinajstić information content (AvgIpc) is 3.91. The van der Waals surface area contributed by atoms with E-state index >= 15 is 0 Å². The first-order chi connectivity index (χ1) is 23.6. The van der Waals surface area contributed by atoms with Crippen LogP contribution in [0, 0.1) is 11.3 Å². The lowest BCUT2D eigenvalue weighted by atomic mass is 9.92. The maximum Gasteiger partial charge on any atom is 0.459 e. The highest BCUT2D eigenvalue weighted by Gasteiger charge is 2.58. The molecule has 3 aliphatic rings. The summed E-state index contributed by atoms with van der Waals surface area (Å²) in [7, 11) is -4.60. The van der Waals surface area contributed by atoms with Crippen LogP contribution in [-0.4, -0.2) is 79.9 Å². The van der Waals surface area contributed by atoms with Crippen LogP contribution in [0.25, 0.3) is 5.52 Å². The van der Waals surface area contributed by atoms with E-state index in [2.05, 4.69) is 15.2 Å². The maximum absolute atomic E-state index is 14.5. The summed E-state index contributed by atoms with van der Waals surface area (Å²) in [6.07, 6.45) is 1.47. The number of hydrogen-bond acceptors (Lipinski definition) is 14. The van der Waals surface area contributed by atoms with Gasteiger partial charge >= 0.3 is 19.7 Å². The number of nitrogens with zero attached hydrogens (tertiary/aromatic N) is 4. The smallest absolute Gasteiger partial charge is 0.459 e. The highest BCUT2D eigenvalue weighted by Crippen LogP contribution is 2.47. The molecule has 1 aromatic carbocycles. The zero-order valence-electron chi connectivity index (χ0n) is 26.6.